The number of fused-ring (bicyclic) bond motifs is 1. The lowest BCUT2D eigenvalue weighted by molar-refractivity contribution is -0.123. The van der Waals surface area contributed by atoms with Crippen molar-refractivity contribution in [3.05, 3.63) is 48.0 Å². The van der Waals surface area contributed by atoms with Gasteiger partial charge in [0.1, 0.15) is 0 Å². The van der Waals surface area contributed by atoms with E-state index in [1.165, 1.54) is 10.8 Å². The van der Waals surface area contributed by atoms with E-state index in [0.717, 1.165) is 31.2 Å². The van der Waals surface area contributed by atoms with Crippen molar-refractivity contribution in [1.29, 1.82) is 0 Å². The molecule has 0 saturated heterocycles. The SMILES string of the molecule is CC(C(=O)NC1CCC(CO)CC1)c1ccc2ccccc2c1. The Labute approximate surface area is 137 Å². The monoisotopic (exact) mass is 311 g/mol. The molecule has 0 aliphatic heterocycles. The van der Waals surface area contributed by atoms with Crippen LogP contribution < -0.4 is 5.32 Å². The summed E-state index contributed by atoms with van der Waals surface area (Å²) >= 11 is 0. The zero-order valence-corrected chi connectivity index (χ0v) is 13.7. The third-order valence-corrected chi connectivity index (χ3v) is 5.12. The van der Waals surface area contributed by atoms with Crippen molar-refractivity contribution in [3.63, 3.8) is 0 Å². The molecule has 122 valence electrons. The maximum atomic E-state index is 12.5. The molecule has 1 fully saturated rings. The molecular weight excluding hydrogens is 286 g/mol. The number of amides is 1. The predicted molar refractivity (Wildman–Crippen MR) is 93.3 cm³/mol. The van der Waals surface area contributed by atoms with Gasteiger partial charge in [0.2, 0.25) is 5.91 Å². The Balaban J connectivity index is 1.64. The average molecular weight is 311 g/mol. The molecule has 1 aliphatic carbocycles. The summed E-state index contributed by atoms with van der Waals surface area (Å²) in [5.41, 5.74) is 1.06. The van der Waals surface area contributed by atoms with Crippen molar-refractivity contribution in [1.82, 2.24) is 5.32 Å². The van der Waals surface area contributed by atoms with Crippen molar-refractivity contribution in [2.24, 2.45) is 5.92 Å². The number of aliphatic hydroxyl groups excluding tert-OH is 1. The molecule has 0 radical (unpaired) electrons. The van der Waals surface area contributed by atoms with E-state index < -0.39 is 0 Å². The molecule has 1 aliphatic rings. The summed E-state index contributed by atoms with van der Waals surface area (Å²) in [5, 5.41) is 14.8. The van der Waals surface area contributed by atoms with Gasteiger partial charge in [-0.1, -0.05) is 42.5 Å². The molecule has 3 rings (SSSR count). The van der Waals surface area contributed by atoms with Crippen LogP contribution in [0.25, 0.3) is 10.8 Å². The molecule has 2 aromatic rings. The van der Waals surface area contributed by atoms with Crippen molar-refractivity contribution in [3.8, 4) is 0 Å². The fraction of sp³-hybridized carbons (Fsp3) is 0.450. The smallest absolute Gasteiger partial charge is 0.227 e. The summed E-state index contributed by atoms with van der Waals surface area (Å²) in [6.07, 6.45) is 3.96. The van der Waals surface area contributed by atoms with Gasteiger partial charge in [-0.15, -0.1) is 0 Å². The summed E-state index contributed by atoms with van der Waals surface area (Å²) in [6.45, 7) is 2.24. The van der Waals surface area contributed by atoms with Gasteiger partial charge in [0.15, 0.2) is 0 Å². The van der Waals surface area contributed by atoms with E-state index in [1.54, 1.807) is 0 Å². The molecule has 1 saturated carbocycles. The summed E-state index contributed by atoms with van der Waals surface area (Å²) in [6, 6.07) is 14.7. The standard InChI is InChI=1S/C20H25NO2/c1-14(17-9-8-16-4-2-3-5-18(16)12-17)20(23)21-19-10-6-15(13-22)7-11-19/h2-5,8-9,12,14-15,19,22H,6-7,10-11,13H2,1H3,(H,21,23). The number of hydrogen-bond acceptors (Lipinski definition) is 2. The summed E-state index contributed by atoms with van der Waals surface area (Å²) in [5.74, 6) is 0.379. The molecule has 2 N–H and O–H groups in total. The third kappa shape index (κ3) is 3.73. The number of hydrogen-bond donors (Lipinski definition) is 2. The largest absolute Gasteiger partial charge is 0.396 e. The first-order valence-corrected chi connectivity index (χ1v) is 8.57. The maximum Gasteiger partial charge on any atom is 0.227 e. The van der Waals surface area contributed by atoms with Crippen LogP contribution in [0.3, 0.4) is 0 Å². The highest BCUT2D eigenvalue weighted by atomic mass is 16.3. The number of carbonyl (C=O) groups is 1. The van der Waals surface area contributed by atoms with E-state index in [2.05, 4.69) is 35.6 Å². The topological polar surface area (TPSA) is 49.3 Å². The Morgan fingerprint density at radius 1 is 1.13 bits per heavy atom. The summed E-state index contributed by atoms with van der Waals surface area (Å²) in [7, 11) is 0. The molecule has 2 aromatic carbocycles. The van der Waals surface area contributed by atoms with Gasteiger partial charge >= 0.3 is 0 Å². The highest BCUT2D eigenvalue weighted by Gasteiger charge is 2.24. The van der Waals surface area contributed by atoms with E-state index in [-0.39, 0.29) is 24.5 Å². The van der Waals surface area contributed by atoms with Gasteiger partial charge in [-0.05, 0) is 54.9 Å². The van der Waals surface area contributed by atoms with Crippen LogP contribution in [0, 0.1) is 5.92 Å². The van der Waals surface area contributed by atoms with E-state index in [1.807, 2.05) is 19.1 Å². The van der Waals surface area contributed by atoms with Crippen molar-refractivity contribution < 1.29 is 9.90 Å². The molecule has 0 aromatic heterocycles. The molecule has 0 heterocycles. The summed E-state index contributed by atoms with van der Waals surface area (Å²) in [4.78, 5) is 12.5. The number of benzene rings is 2. The highest BCUT2D eigenvalue weighted by molar-refractivity contribution is 5.87. The Kier molecular flexibility index (Phi) is 4.97. The zero-order valence-electron chi connectivity index (χ0n) is 13.7. The normalized spacial score (nSPS) is 22.7. The highest BCUT2D eigenvalue weighted by Crippen LogP contribution is 2.25. The van der Waals surface area contributed by atoms with Crippen molar-refractivity contribution >= 4 is 16.7 Å². The lowest BCUT2D eigenvalue weighted by Gasteiger charge is -2.29. The molecule has 3 heteroatoms. The second kappa shape index (κ2) is 7.14. The lowest BCUT2D eigenvalue weighted by Crippen LogP contribution is -2.40. The fourth-order valence-electron chi connectivity index (χ4n) is 3.44. The van der Waals surface area contributed by atoms with Crippen LogP contribution in [0.2, 0.25) is 0 Å². The van der Waals surface area contributed by atoms with E-state index >= 15 is 0 Å². The molecule has 1 unspecified atom stereocenters. The number of rotatable bonds is 4. The van der Waals surface area contributed by atoms with Crippen LogP contribution in [0.5, 0.6) is 0 Å². The first-order chi connectivity index (χ1) is 11.2. The molecule has 0 bridgehead atoms. The third-order valence-electron chi connectivity index (χ3n) is 5.12. The van der Waals surface area contributed by atoms with Gasteiger partial charge in [-0.3, -0.25) is 4.79 Å². The Morgan fingerprint density at radius 2 is 1.83 bits per heavy atom. The van der Waals surface area contributed by atoms with Gasteiger partial charge in [0.25, 0.3) is 0 Å². The zero-order chi connectivity index (χ0) is 16.2. The van der Waals surface area contributed by atoms with Crippen LogP contribution in [0.1, 0.15) is 44.1 Å². The minimum atomic E-state index is -0.143. The minimum absolute atomic E-state index is 0.104. The Morgan fingerprint density at radius 3 is 2.52 bits per heavy atom. The molecule has 1 atom stereocenters. The van der Waals surface area contributed by atoms with Gasteiger partial charge in [-0.25, -0.2) is 0 Å². The lowest BCUT2D eigenvalue weighted by atomic mass is 9.86. The van der Waals surface area contributed by atoms with Gasteiger partial charge in [0, 0.05) is 12.6 Å². The van der Waals surface area contributed by atoms with Gasteiger partial charge in [0.05, 0.1) is 5.92 Å². The number of carbonyl (C=O) groups excluding carboxylic acids is 1. The second-order valence-electron chi connectivity index (χ2n) is 6.74. The summed E-state index contributed by atoms with van der Waals surface area (Å²) < 4.78 is 0. The van der Waals surface area contributed by atoms with Crippen LogP contribution in [0.15, 0.2) is 42.5 Å². The number of aliphatic hydroxyl groups is 1. The second-order valence-corrected chi connectivity index (χ2v) is 6.74. The van der Waals surface area contributed by atoms with Crippen LogP contribution in [-0.4, -0.2) is 23.7 Å². The van der Waals surface area contributed by atoms with Crippen molar-refractivity contribution in [2.75, 3.05) is 6.61 Å². The van der Waals surface area contributed by atoms with E-state index in [9.17, 15) is 9.90 Å². The van der Waals surface area contributed by atoms with Crippen LogP contribution >= 0.6 is 0 Å². The molecule has 3 nitrogen and oxygen atoms in total. The van der Waals surface area contributed by atoms with E-state index in [4.69, 9.17) is 0 Å². The quantitative estimate of drug-likeness (QED) is 0.906. The van der Waals surface area contributed by atoms with Crippen LogP contribution in [0.4, 0.5) is 0 Å². The predicted octanol–water partition coefficient (Wildman–Crippen LogP) is 3.61. The fourth-order valence-corrected chi connectivity index (χ4v) is 3.44. The first-order valence-electron chi connectivity index (χ1n) is 8.57. The molecular formula is C20H25NO2. The molecule has 1 amide bonds. The maximum absolute atomic E-state index is 12.5. The van der Waals surface area contributed by atoms with Gasteiger partial charge in [-0.2, -0.15) is 0 Å². The molecule has 0 spiro atoms. The van der Waals surface area contributed by atoms with E-state index in [0.29, 0.717) is 5.92 Å². The molecule has 23 heavy (non-hydrogen) atoms. The number of nitrogens with one attached hydrogen (secondary N) is 1. The average Bonchev–Trinajstić information content (AvgIpc) is 2.61. The van der Waals surface area contributed by atoms with Crippen molar-refractivity contribution in [2.45, 2.75) is 44.6 Å². The van der Waals surface area contributed by atoms with Gasteiger partial charge < -0.3 is 10.4 Å². The van der Waals surface area contributed by atoms with Crippen LogP contribution in [-0.2, 0) is 4.79 Å². The Bertz CT molecular complexity index is 674. The Hall–Kier alpha value is -1.87. The minimum Gasteiger partial charge on any atom is -0.396 e. The first kappa shape index (κ1) is 16.0.